The number of hydrogen-bond donors (Lipinski definition) is 5. The van der Waals surface area contributed by atoms with Gasteiger partial charge in [-0.25, -0.2) is 14.3 Å². The standard InChI is InChI=1S/C31H39ClN5O9P/c1-33-28-10-12-37(31(40)36-28)29-15-26(39)27(46-29)18-45-47(41,42)44-17-19(16-38)5-3-4-11-34-30-22-8-6-20(32)13-25(22)35-24-9-7-21(43-2)14-23(24)30/h6-10,12-14,19,26-27,29,38-39H,3-5,11,15-18H2,1-2H3,(H,34,35)(H,41,42)(H,33,36,40)/t19?,26?,27-,29-/m1/s1. The fourth-order valence-electron chi connectivity index (χ4n) is 5.42. The fraction of sp³-hybridized carbons (Fsp3) is 0.452. The molecule has 0 aliphatic carbocycles. The Morgan fingerprint density at radius 1 is 1.13 bits per heavy atom. The number of pyridine rings is 1. The van der Waals surface area contributed by atoms with E-state index >= 15 is 0 Å². The van der Waals surface area contributed by atoms with E-state index in [9.17, 15) is 24.5 Å². The number of hydrogen-bond acceptors (Lipinski definition) is 12. The molecule has 1 aliphatic heterocycles. The summed E-state index contributed by atoms with van der Waals surface area (Å²) in [7, 11) is -1.27. The van der Waals surface area contributed by atoms with Crippen LogP contribution in [0.1, 0.15) is 31.9 Å². The number of aromatic nitrogens is 3. The Morgan fingerprint density at radius 3 is 2.70 bits per heavy atom. The number of methoxy groups -OCH3 is 1. The number of anilines is 2. The molecule has 4 aromatic rings. The van der Waals surface area contributed by atoms with Gasteiger partial charge in [-0.15, -0.1) is 0 Å². The van der Waals surface area contributed by atoms with Crippen molar-refractivity contribution in [1.29, 1.82) is 0 Å². The SMILES string of the molecule is CNc1ccn([C@H]2CC(O)[C@@H](COP(=O)(O)OCC(CO)CCCCNc3c4ccc(Cl)cc4nc4ccc(OC)cc34)O2)c(=O)n1. The first kappa shape index (κ1) is 35.0. The monoisotopic (exact) mass is 691 g/mol. The Balaban J connectivity index is 1.09. The minimum atomic E-state index is -4.52. The summed E-state index contributed by atoms with van der Waals surface area (Å²) in [6.07, 6.45) is 0.746. The van der Waals surface area contributed by atoms with Gasteiger partial charge in [-0.3, -0.25) is 13.6 Å². The molecule has 5 atom stereocenters. The van der Waals surface area contributed by atoms with Gasteiger partial charge in [0.15, 0.2) is 0 Å². The Labute approximate surface area is 276 Å². The lowest BCUT2D eigenvalue weighted by atomic mass is 10.0. The fourth-order valence-corrected chi connectivity index (χ4v) is 6.40. The highest BCUT2D eigenvalue weighted by Crippen LogP contribution is 2.45. The molecule has 1 aliphatic rings. The van der Waals surface area contributed by atoms with Crippen molar-refractivity contribution < 1.29 is 38.2 Å². The molecule has 0 amide bonds. The minimum absolute atomic E-state index is 0.0721. The van der Waals surface area contributed by atoms with E-state index in [1.807, 2.05) is 36.4 Å². The number of aliphatic hydroxyl groups excluding tert-OH is 2. The average Bonchev–Trinajstić information content (AvgIpc) is 3.43. The van der Waals surface area contributed by atoms with Gasteiger partial charge in [0.1, 0.15) is 23.9 Å². The maximum absolute atomic E-state index is 12.6. The highest BCUT2D eigenvalue weighted by molar-refractivity contribution is 7.47. The second-order valence-electron chi connectivity index (χ2n) is 11.2. The number of phosphoric acid groups is 1. The van der Waals surface area contributed by atoms with E-state index in [1.54, 1.807) is 20.2 Å². The number of benzene rings is 2. The van der Waals surface area contributed by atoms with Crippen LogP contribution in [-0.2, 0) is 18.3 Å². The van der Waals surface area contributed by atoms with Crippen molar-refractivity contribution in [3.8, 4) is 5.75 Å². The minimum Gasteiger partial charge on any atom is -0.497 e. The molecule has 5 N–H and O–H groups in total. The molecule has 0 spiro atoms. The van der Waals surface area contributed by atoms with E-state index < -0.39 is 44.5 Å². The summed E-state index contributed by atoms with van der Waals surface area (Å²) in [5.74, 6) is 0.708. The molecule has 254 valence electrons. The molecule has 16 heteroatoms. The molecule has 1 saturated heterocycles. The van der Waals surface area contributed by atoms with Crippen molar-refractivity contribution in [3.63, 3.8) is 0 Å². The molecule has 0 saturated carbocycles. The Bertz CT molecular complexity index is 1790. The van der Waals surface area contributed by atoms with Crippen LogP contribution in [0.3, 0.4) is 0 Å². The number of rotatable bonds is 16. The quantitative estimate of drug-likeness (QED) is 0.0636. The van der Waals surface area contributed by atoms with Crippen LogP contribution in [0.25, 0.3) is 21.8 Å². The van der Waals surface area contributed by atoms with E-state index in [1.165, 1.54) is 10.8 Å². The molecule has 14 nitrogen and oxygen atoms in total. The van der Waals surface area contributed by atoms with E-state index in [0.717, 1.165) is 33.9 Å². The summed E-state index contributed by atoms with van der Waals surface area (Å²) >= 11 is 6.22. The maximum Gasteiger partial charge on any atom is 0.472 e. The van der Waals surface area contributed by atoms with Gasteiger partial charge in [0.25, 0.3) is 0 Å². The zero-order valence-electron chi connectivity index (χ0n) is 26.0. The number of fused-ring (bicyclic) bond motifs is 2. The van der Waals surface area contributed by atoms with Crippen LogP contribution in [-0.4, -0.2) is 82.4 Å². The van der Waals surface area contributed by atoms with Crippen LogP contribution in [0.5, 0.6) is 5.75 Å². The molecule has 1 fully saturated rings. The van der Waals surface area contributed by atoms with Crippen LogP contribution in [0, 0.1) is 5.92 Å². The largest absolute Gasteiger partial charge is 0.497 e. The molecule has 3 unspecified atom stereocenters. The Morgan fingerprint density at radius 2 is 1.96 bits per heavy atom. The van der Waals surface area contributed by atoms with Crippen LogP contribution in [0.4, 0.5) is 11.5 Å². The topological polar surface area (TPSA) is 187 Å². The number of nitrogens with one attached hydrogen (secondary N) is 2. The Hall–Kier alpha value is -3.33. The first-order chi connectivity index (χ1) is 22.6. The summed E-state index contributed by atoms with van der Waals surface area (Å²) in [5.41, 5.74) is 1.92. The summed E-state index contributed by atoms with van der Waals surface area (Å²) in [6.45, 7) is -0.252. The van der Waals surface area contributed by atoms with E-state index in [-0.39, 0.29) is 19.6 Å². The highest BCUT2D eigenvalue weighted by atomic mass is 35.5. The van der Waals surface area contributed by atoms with Gasteiger partial charge in [-0.1, -0.05) is 18.0 Å². The van der Waals surface area contributed by atoms with Crippen LogP contribution < -0.4 is 21.1 Å². The van der Waals surface area contributed by atoms with Gasteiger partial charge >= 0.3 is 13.5 Å². The van der Waals surface area contributed by atoms with E-state index in [0.29, 0.717) is 36.0 Å². The van der Waals surface area contributed by atoms with Gasteiger partial charge in [-0.2, -0.15) is 4.98 Å². The zero-order chi connectivity index (χ0) is 33.6. The predicted octanol–water partition coefficient (Wildman–Crippen LogP) is 4.32. The molecule has 0 radical (unpaired) electrons. The number of phosphoric ester groups is 1. The number of unbranched alkanes of at least 4 members (excludes halogenated alkanes) is 1. The molecule has 2 aromatic heterocycles. The molecule has 2 aromatic carbocycles. The second kappa shape index (κ2) is 15.7. The van der Waals surface area contributed by atoms with Crippen molar-refractivity contribution in [3.05, 3.63) is 64.2 Å². The summed E-state index contributed by atoms with van der Waals surface area (Å²) in [6, 6.07) is 12.9. The van der Waals surface area contributed by atoms with Gasteiger partial charge in [-0.05, 0) is 55.3 Å². The highest BCUT2D eigenvalue weighted by Gasteiger charge is 2.37. The molecular weight excluding hydrogens is 653 g/mol. The number of aliphatic hydroxyl groups is 2. The number of ether oxygens (including phenoxy) is 2. The third-order valence-electron chi connectivity index (χ3n) is 8.02. The van der Waals surface area contributed by atoms with Crippen molar-refractivity contribution in [2.24, 2.45) is 5.92 Å². The molecule has 0 bridgehead atoms. The number of nitrogens with zero attached hydrogens (tertiary/aromatic N) is 3. The average molecular weight is 692 g/mol. The van der Waals surface area contributed by atoms with E-state index in [4.69, 9.17) is 35.1 Å². The molecular formula is C31H39ClN5O9P. The molecule has 5 rings (SSSR count). The predicted molar refractivity (Wildman–Crippen MR) is 178 cm³/mol. The van der Waals surface area contributed by atoms with Crippen molar-refractivity contribution in [2.75, 3.05) is 51.2 Å². The smallest absolute Gasteiger partial charge is 0.472 e. The van der Waals surface area contributed by atoms with Crippen molar-refractivity contribution in [1.82, 2.24) is 14.5 Å². The zero-order valence-corrected chi connectivity index (χ0v) is 27.7. The third-order valence-corrected chi connectivity index (χ3v) is 9.20. The lowest BCUT2D eigenvalue weighted by Gasteiger charge is -2.20. The summed E-state index contributed by atoms with van der Waals surface area (Å²) in [5, 5.41) is 29.0. The number of halogens is 1. The summed E-state index contributed by atoms with van der Waals surface area (Å²) < 4.78 is 35.2. The summed E-state index contributed by atoms with van der Waals surface area (Å²) in [4.78, 5) is 31.1. The van der Waals surface area contributed by atoms with Gasteiger partial charge < -0.3 is 35.2 Å². The maximum atomic E-state index is 12.6. The van der Waals surface area contributed by atoms with E-state index in [2.05, 4.69) is 15.6 Å². The lowest BCUT2D eigenvalue weighted by Crippen LogP contribution is -2.28. The third kappa shape index (κ3) is 8.78. The van der Waals surface area contributed by atoms with Gasteiger partial charge in [0.2, 0.25) is 0 Å². The van der Waals surface area contributed by atoms with Crippen LogP contribution in [0.15, 0.2) is 53.5 Å². The van der Waals surface area contributed by atoms with Gasteiger partial charge in [0.05, 0.1) is 43.1 Å². The van der Waals surface area contributed by atoms with Crippen molar-refractivity contribution >= 4 is 52.7 Å². The molecule has 3 heterocycles. The van der Waals surface area contributed by atoms with Crippen LogP contribution >= 0.6 is 19.4 Å². The van der Waals surface area contributed by atoms with Crippen LogP contribution in [0.2, 0.25) is 5.02 Å². The normalized spacial score (nSPS) is 19.9. The first-order valence-electron chi connectivity index (χ1n) is 15.2. The van der Waals surface area contributed by atoms with Crippen molar-refractivity contribution in [2.45, 2.75) is 44.1 Å². The second-order valence-corrected chi connectivity index (χ2v) is 13.1. The first-order valence-corrected chi connectivity index (χ1v) is 17.1. The molecule has 47 heavy (non-hydrogen) atoms. The lowest BCUT2D eigenvalue weighted by molar-refractivity contribution is -0.0470. The Kier molecular flexibility index (Phi) is 11.7. The van der Waals surface area contributed by atoms with Gasteiger partial charge in [0, 0.05) is 54.5 Å².